The third-order valence-electron chi connectivity index (χ3n) is 4.29. The quantitative estimate of drug-likeness (QED) is 0.865. The van der Waals surface area contributed by atoms with Crippen molar-refractivity contribution >= 4 is 5.91 Å². The lowest BCUT2D eigenvalue weighted by atomic mass is 9.83. The zero-order valence-corrected chi connectivity index (χ0v) is 12.6. The van der Waals surface area contributed by atoms with E-state index in [9.17, 15) is 4.79 Å². The Hall–Kier alpha value is -1.36. The number of amides is 1. The van der Waals surface area contributed by atoms with Crippen LogP contribution in [0.4, 0.5) is 0 Å². The number of nitrogens with one attached hydrogen (secondary N) is 1. The van der Waals surface area contributed by atoms with Gasteiger partial charge in [0.1, 0.15) is 0 Å². The molecule has 0 aromatic carbocycles. The minimum atomic E-state index is -0.0544. The molecule has 0 spiro atoms. The lowest BCUT2D eigenvalue weighted by Gasteiger charge is -2.34. The summed E-state index contributed by atoms with van der Waals surface area (Å²) in [6, 6.07) is 0. The van der Waals surface area contributed by atoms with Crippen LogP contribution < -0.4 is 11.1 Å². The summed E-state index contributed by atoms with van der Waals surface area (Å²) >= 11 is 0. The van der Waals surface area contributed by atoms with E-state index in [1.807, 2.05) is 11.6 Å². The van der Waals surface area contributed by atoms with Crippen molar-refractivity contribution in [3.05, 3.63) is 17.5 Å². The van der Waals surface area contributed by atoms with Gasteiger partial charge in [-0.1, -0.05) is 19.3 Å². The number of carbonyl (C=O) groups excluding carboxylic acids is 1. The largest absolute Gasteiger partial charge is 0.347 e. The van der Waals surface area contributed by atoms with Gasteiger partial charge >= 0.3 is 0 Å². The first kappa shape index (κ1) is 15.0. The number of carbonyl (C=O) groups is 1. The van der Waals surface area contributed by atoms with Gasteiger partial charge in [-0.15, -0.1) is 0 Å². The number of aryl methyl sites for hydroxylation is 1. The Morgan fingerprint density at radius 2 is 2.15 bits per heavy atom. The van der Waals surface area contributed by atoms with E-state index in [1.54, 1.807) is 6.20 Å². The standard InChI is InChI=1S/C15H26N4O/c1-12-13(11-17-19(12)10-6-9-16)14(20)18-15(2)7-4-3-5-8-15/h11H,3-10,16H2,1-2H3,(H,18,20). The molecule has 0 atom stereocenters. The third kappa shape index (κ3) is 3.39. The van der Waals surface area contributed by atoms with Gasteiger partial charge in [0.25, 0.3) is 5.91 Å². The Kier molecular flexibility index (Phi) is 4.81. The highest BCUT2D eigenvalue weighted by Crippen LogP contribution is 2.28. The minimum absolute atomic E-state index is 0.00546. The summed E-state index contributed by atoms with van der Waals surface area (Å²) in [6.45, 7) is 5.51. The maximum atomic E-state index is 12.4. The Bertz CT molecular complexity index is 460. The number of aromatic nitrogens is 2. The van der Waals surface area contributed by atoms with Crippen molar-refractivity contribution in [1.82, 2.24) is 15.1 Å². The first-order valence-corrected chi connectivity index (χ1v) is 7.61. The van der Waals surface area contributed by atoms with Crippen LogP contribution in [-0.2, 0) is 6.54 Å². The van der Waals surface area contributed by atoms with E-state index in [-0.39, 0.29) is 11.4 Å². The second kappa shape index (κ2) is 6.39. The van der Waals surface area contributed by atoms with Crippen LogP contribution in [0.3, 0.4) is 0 Å². The highest BCUT2D eigenvalue weighted by atomic mass is 16.1. The molecule has 0 bridgehead atoms. The van der Waals surface area contributed by atoms with Crippen molar-refractivity contribution in [2.75, 3.05) is 6.54 Å². The van der Waals surface area contributed by atoms with Crippen LogP contribution in [0.5, 0.6) is 0 Å². The van der Waals surface area contributed by atoms with Gasteiger partial charge in [0.2, 0.25) is 0 Å². The van der Waals surface area contributed by atoms with Crippen LogP contribution >= 0.6 is 0 Å². The van der Waals surface area contributed by atoms with E-state index in [4.69, 9.17) is 5.73 Å². The van der Waals surface area contributed by atoms with Gasteiger partial charge in [-0.05, 0) is 39.7 Å². The molecule has 112 valence electrons. The normalized spacial score (nSPS) is 17.9. The number of nitrogens with two attached hydrogens (primary N) is 1. The number of hydrogen-bond acceptors (Lipinski definition) is 3. The van der Waals surface area contributed by atoms with Gasteiger partial charge < -0.3 is 11.1 Å². The molecule has 1 aromatic heterocycles. The van der Waals surface area contributed by atoms with Crippen molar-refractivity contribution in [3.8, 4) is 0 Å². The number of nitrogens with zero attached hydrogens (tertiary/aromatic N) is 2. The van der Waals surface area contributed by atoms with Crippen molar-refractivity contribution in [2.45, 2.75) is 64.5 Å². The van der Waals surface area contributed by atoms with Crippen molar-refractivity contribution in [1.29, 1.82) is 0 Å². The van der Waals surface area contributed by atoms with Gasteiger partial charge in [-0.25, -0.2) is 0 Å². The summed E-state index contributed by atoms with van der Waals surface area (Å²) in [4.78, 5) is 12.4. The molecule has 0 unspecified atom stereocenters. The Balaban J connectivity index is 2.03. The highest BCUT2D eigenvalue weighted by molar-refractivity contribution is 5.95. The third-order valence-corrected chi connectivity index (χ3v) is 4.29. The molecular weight excluding hydrogens is 252 g/mol. The average Bonchev–Trinajstić information content (AvgIpc) is 2.78. The fourth-order valence-electron chi connectivity index (χ4n) is 2.93. The van der Waals surface area contributed by atoms with E-state index in [2.05, 4.69) is 17.3 Å². The average molecular weight is 278 g/mol. The summed E-state index contributed by atoms with van der Waals surface area (Å²) in [5.41, 5.74) is 7.07. The second-order valence-electron chi connectivity index (χ2n) is 6.08. The second-order valence-corrected chi connectivity index (χ2v) is 6.08. The molecule has 1 fully saturated rings. The number of rotatable bonds is 5. The number of hydrogen-bond donors (Lipinski definition) is 2. The van der Waals surface area contributed by atoms with Crippen molar-refractivity contribution in [3.63, 3.8) is 0 Å². The van der Waals surface area contributed by atoms with Gasteiger partial charge in [0, 0.05) is 17.8 Å². The predicted molar refractivity (Wildman–Crippen MR) is 79.6 cm³/mol. The maximum absolute atomic E-state index is 12.4. The van der Waals surface area contributed by atoms with Crippen LogP contribution in [0.15, 0.2) is 6.20 Å². The molecule has 20 heavy (non-hydrogen) atoms. The smallest absolute Gasteiger partial charge is 0.255 e. The molecule has 1 heterocycles. The Morgan fingerprint density at radius 1 is 1.45 bits per heavy atom. The summed E-state index contributed by atoms with van der Waals surface area (Å²) < 4.78 is 1.87. The van der Waals surface area contributed by atoms with Crippen LogP contribution in [0.2, 0.25) is 0 Å². The SMILES string of the molecule is Cc1c(C(=O)NC2(C)CCCCC2)cnn1CCCN. The maximum Gasteiger partial charge on any atom is 0.255 e. The van der Waals surface area contributed by atoms with E-state index in [0.29, 0.717) is 12.1 Å². The first-order chi connectivity index (χ1) is 9.56. The summed E-state index contributed by atoms with van der Waals surface area (Å²) in [6.07, 6.45) is 8.37. The van der Waals surface area contributed by atoms with Gasteiger partial charge in [0.05, 0.1) is 11.8 Å². The van der Waals surface area contributed by atoms with Crippen LogP contribution in [-0.4, -0.2) is 27.8 Å². The highest BCUT2D eigenvalue weighted by Gasteiger charge is 2.29. The van der Waals surface area contributed by atoms with Crippen LogP contribution in [0.1, 0.15) is 61.5 Å². The van der Waals surface area contributed by atoms with Gasteiger partial charge in [-0.3, -0.25) is 9.48 Å². The zero-order valence-electron chi connectivity index (χ0n) is 12.6. The molecule has 1 aliphatic carbocycles. The molecule has 0 saturated heterocycles. The first-order valence-electron chi connectivity index (χ1n) is 7.61. The Morgan fingerprint density at radius 3 is 2.80 bits per heavy atom. The molecule has 1 aromatic rings. The topological polar surface area (TPSA) is 72.9 Å². The molecule has 0 radical (unpaired) electrons. The predicted octanol–water partition coefficient (Wildman–Crippen LogP) is 1.99. The molecule has 5 heteroatoms. The molecule has 3 N–H and O–H groups in total. The van der Waals surface area contributed by atoms with Gasteiger partial charge in [-0.2, -0.15) is 5.10 Å². The fraction of sp³-hybridized carbons (Fsp3) is 0.733. The lowest BCUT2D eigenvalue weighted by molar-refractivity contribution is 0.0882. The lowest BCUT2D eigenvalue weighted by Crippen LogP contribution is -2.47. The monoisotopic (exact) mass is 278 g/mol. The van der Waals surface area contributed by atoms with Gasteiger partial charge in [0.15, 0.2) is 0 Å². The van der Waals surface area contributed by atoms with Crippen molar-refractivity contribution in [2.24, 2.45) is 5.73 Å². The summed E-state index contributed by atoms with van der Waals surface area (Å²) in [7, 11) is 0. The Labute approximate surface area is 120 Å². The van der Waals surface area contributed by atoms with E-state index < -0.39 is 0 Å². The zero-order chi connectivity index (χ0) is 14.6. The molecule has 1 saturated carbocycles. The molecule has 0 aliphatic heterocycles. The van der Waals surface area contributed by atoms with Crippen molar-refractivity contribution < 1.29 is 4.79 Å². The summed E-state index contributed by atoms with van der Waals surface area (Å²) in [5.74, 6) is 0.00546. The van der Waals surface area contributed by atoms with Crippen LogP contribution in [0.25, 0.3) is 0 Å². The summed E-state index contributed by atoms with van der Waals surface area (Å²) in [5, 5.41) is 7.50. The molecular formula is C15H26N4O. The molecule has 5 nitrogen and oxygen atoms in total. The molecule has 1 amide bonds. The van der Waals surface area contributed by atoms with E-state index >= 15 is 0 Å². The van der Waals surface area contributed by atoms with E-state index in [1.165, 1.54) is 19.3 Å². The minimum Gasteiger partial charge on any atom is -0.347 e. The van der Waals surface area contributed by atoms with E-state index in [0.717, 1.165) is 31.5 Å². The molecule has 1 aliphatic rings. The fourth-order valence-corrected chi connectivity index (χ4v) is 2.93. The van der Waals surface area contributed by atoms with Crippen LogP contribution in [0, 0.1) is 6.92 Å². The molecule has 2 rings (SSSR count).